The smallest absolute Gasteiger partial charge is 0.168 e. The summed E-state index contributed by atoms with van der Waals surface area (Å²) in [5.41, 5.74) is 2.43. The number of hydrogen-bond acceptors (Lipinski definition) is 2. The minimum atomic E-state index is 0.582. The van der Waals surface area contributed by atoms with Crippen molar-refractivity contribution < 1.29 is 10.1 Å². The molecular weight excluding hydrogens is 176 g/mol. The SMILES string of the molecule is Cc1cccc(OO)c1C1CCCC1. The first-order valence-corrected chi connectivity index (χ1v) is 5.24. The molecule has 0 spiro atoms. The van der Waals surface area contributed by atoms with Crippen LogP contribution in [0.25, 0.3) is 0 Å². The Labute approximate surface area is 84.5 Å². The van der Waals surface area contributed by atoms with Gasteiger partial charge in [0.15, 0.2) is 5.75 Å². The molecule has 1 aromatic rings. The Morgan fingerprint density at radius 2 is 2.00 bits per heavy atom. The molecule has 1 aliphatic rings. The maximum atomic E-state index is 8.80. The van der Waals surface area contributed by atoms with Gasteiger partial charge in [-0.1, -0.05) is 25.0 Å². The molecule has 0 saturated heterocycles. The fourth-order valence-electron chi connectivity index (χ4n) is 2.47. The number of hydrogen-bond donors (Lipinski definition) is 1. The van der Waals surface area contributed by atoms with Crippen LogP contribution < -0.4 is 4.89 Å². The summed E-state index contributed by atoms with van der Waals surface area (Å²) in [6.07, 6.45) is 5.04. The third-order valence-electron chi connectivity index (χ3n) is 3.15. The molecule has 1 aliphatic carbocycles. The quantitative estimate of drug-likeness (QED) is 0.574. The fourth-order valence-corrected chi connectivity index (χ4v) is 2.47. The molecule has 0 aliphatic heterocycles. The molecule has 2 heteroatoms. The molecule has 0 amide bonds. The molecule has 0 radical (unpaired) electrons. The highest BCUT2D eigenvalue weighted by Gasteiger charge is 2.22. The molecule has 1 N–H and O–H groups in total. The normalized spacial score (nSPS) is 17.3. The minimum absolute atomic E-state index is 0.582. The Balaban J connectivity index is 2.37. The Morgan fingerprint density at radius 1 is 1.29 bits per heavy atom. The third-order valence-corrected chi connectivity index (χ3v) is 3.15. The number of benzene rings is 1. The summed E-state index contributed by atoms with van der Waals surface area (Å²) >= 11 is 0. The molecule has 14 heavy (non-hydrogen) atoms. The van der Waals surface area contributed by atoms with E-state index in [0.717, 1.165) is 0 Å². The van der Waals surface area contributed by atoms with Gasteiger partial charge in [-0.05, 0) is 37.3 Å². The maximum Gasteiger partial charge on any atom is 0.168 e. The van der Waals surface area contributed by atoms with Crippen LogP contribution >= 0.6 is 0 Å². The zero-order valence-corrected chi connectivity index (χ0v) is 8.49. The van der Waals surface area contributed by atoms with Gasteiger partial charge in [0, 0.05) is 5.56 Å². The van der Waals surface area contributed by atoms with Gasteiger partial charge >= 0.3 is 0 Å². The number of rotatable bonds is 2. The Kier molecular flexibility index (Phi) is 2.73. The highest BCUT2D eigenvalue weighted by molar-refractivity contribution is 5.42. The molecular formula is C12H16O2. The first-order chi connectivity index (χ1) is 6.83. The summed E-state index contributed by atoms with van der Waals surface area (Å²) in [6.45, 7) is 2.08. The molecule has 0 unspecified atom stereocenters. The van der Waals surface area contributed by atoms with Crippen molar-refractivity contribution in [3.63, 3.8) is 0 Å². The minimum Gasteiger partial charge on any atom is -0.340 e. The Morgan fingerprint density at radius 3 is 2.64 bits per heavy atom. The predicted octanol–water partition coefficient (Wildman–Crippen LogP) is 3.50. The van der Waals surface area contributed by atoms with Crippen molar-refractivity contribution in [2.45, 2.75) is 38.5 Å². The lowest BCUT2D eigenvalue weighted by molar-refractivity contribution is -0.138. The van der Waals surface area contributed by atoms with Crippen LogP contribution in [0.4, 0.5) is 0 Å². The summed E-state index contributed by atoms with van der Waals surface area (Å²) in [5, 5.41) is 8.80. The predicted molar refractivity (Wildman–Crippen MR) is 55.6 cm³/mol. The van der Waals surface area contributed by atoms with Crippen molar-refractivity contribution in [2.75, 3.05) is 0 Å². The lowest BCUT2D eigenvalue weighted by atomic mass is 9.93. The van der Waals surface area contributed by atoms with Gasteiger partial charge in [0.2, 0.25) is 0 Å². The van der Waals surface area contributed by atoms with Crippen molar-refractivity contribution in [3.8, 4) is 5.75 Å². The monoisotopic (exact) mass is 192 g/mol. The first-order valence-electron chi connectivity index (χ1n) is 5.24. The van der Waals surface area contributed by atoms with Gasteiger partial charge in [0.1, 0.15) is 0 Å². The summed E-state index contributed by atoms with van der Waals surface area (Å²) in [7, 11) is 0. The van der Waals surface area contributed by atoms with Crippen LogP contribution in [0.3, 0.4) is 0 Å². The van der Waals surface area contributed by atoms with E-state index < -0.39 is 0 Å². The summed E-state index contributed by atoms with van der Waals surface area (Å²) in [5.74, 6) is 1.22. The van der Waals surface area contributed by atoms with Crippen molar-refractivity contribution in [1.29, 1.82) is 0 Å². The second-order valence-corrected chi connectivity index (χ2v) is 4.06. The van der Waals surface area contributed by atoms with E-state index in [1.165, 1.54) is 36.8 Å². The Hall–Kier alpha value is -1.02. The molecule has 1 saturated carbocycles. The molecule has 1 fully saturated rings. The first kappa shape index (κ1) is 9.53. The largest absolute Gasteiger partial charge is 0.340 e. The second-order valence-electron chi connectivity index (χ2n) is 4.06. The second kappa shape index (κ2) is 4.01. The van der Waals surface area contributed by atoms with Crippen molar-refractivity contribution in [1.82, 2.24) is 0 Å². The average molecular weight is 192 g/mol. The van der Waals surface area contributed by atoms with Crippen LogP contribution in [-0.2, 0) is 0 Å². The van der Waals surface area contributed by atoms with Gasteiger partial charge in [-0.2, -0.15) is 0 Å². The van der Waals surface area contributed by atoms with Gasteiger partial charge in [0.05, 0.1) is 0 Å². The van der Waals surface area contributed by atoms with E-state index in [4.69, 9.17) is 5.26 Å². The maximum absolute atomic E-state index is 8.80. The third kappa shape index (κ3) is 1.62. The molecule has 0 bridgehead atoms. The zero-order chi connectivity index (χ0) is 9.97. The molecule has 0 heterocycles. The summed E-state index contributed by atoms with van der Waals surface area (Å²) in [6, 6.07) is 5.83. The molecule has 2 nitrogen and oxygen atoms in total. The van der Waals surface area contributed by atoms with Crippen LogP contribution in [0.15, 0.2) is 18.2 Å². The Bertz CT molecular complexity index is 314. The standard InChI is InChI=1S/C12H16O2/c1-9-5-4-8-11(14-13)12(9)10-6-2-3-7-10/h4-5,8,10,13H,2-3,6-7H2,1H3. The highest BCUT2D eigenvalue weighted by Crippen LogP contribution is 2.40. The topological polar surface area (TPSA) is 29.5 Å². The van der Waals surface area contributed by atoms with Crippen LogP contribution in [-0.4, -0.2) is 5.26 Å². The molecule has 76 valence electrons. The van der Waals surface area contributed by atoms with Crippen LogP contribution in [0.2, 0.25) is 0 Å². The van der Waals surface area contributed by atoms with E-state index in [0.29, 0.717) is 11.7 Å². The molecule has 2 rings (SSSR count). The van der Waals surface area contributed by atoms with Crippen molar-refractivity contribution in [3.05, 3.63) is 29.3 Å². The van der Waals surface area contributed by atoms with Gasteiger partial charge in [-0.15, -0.1) is 0 Å². The zero-order valence-electron chi connectivity index (χ0n) is 8.49. The number of aryl methyl sites for hydroxylation is 1. The van der Waals surface area contributed by atoms with E-state index in [1.807, 2.05) is 12.1 Å². The van der Waals surface area contributed by atoms with Crippen molar-refractivity contribution in [2.24, 2.45) is 0 Å². The van der Waals surface area contributed by atoms with E-state index in [1.54, 1.807) is 0 Å². The van der Waals surface area contributed by atoms with Crippen molar-refractivity contribution >= 4 is 0 Å². The van der Waals surface area contributed by atoms with Gasteiger partial charge < -0.3 is 4.89 Å². The lowest BCUT2D eigenvalue weighted by Crippen LogP contribution is -2.00. The molecule has 0 atom stereocenters. The summed E-state index contributed by atoms with van der Waals surface area (Å²) in [4.78, 5) is 4.44. The molecule has 0 aromatic heterocycles. The van der Waals surface area contributed by atoms with Crippen LogP contribution in [0.1, 0.15) is 42.7 Å². The van der Waals surface area contributed by atoms with E-state index in [9.17, 15) is 0 Å². The molecule has 1 aromatic carbocycles. The van der Waals surface area contributed by atoms with Gasteiger partial charge in [-0.25, -0.2) is 5.26 Å². The average Bonchev–Trinajstić information content (AvgIpc) is 2.70. The van der Waals surface area contributed by atoms with Crippen LogP contribution in [0, 0.1) is 6.92 Å². The van der Waals surface area contributed by atoms with E-state index in [-0.39, 0.29) is 0 Å². The summed E-state index contributed by atoms with van der Waals surface area (Å²) < 4.78 is 0. The van der Waals surface area contributed by atoms with Crippen LogP contribution in [0.5, 0.6) is 5.75 Å². The highest BCUT2D eigenvalue weighted by atomic mass is 17.1. The van der Waals surface area contributed by atoms with Gasteiger partial charge in [0.25, 0.3) is 0 Å². The lowest BCUT2D eigenvalue weighted by Gasteiger charge is -2.15. The fraction of sp³-hybridized carbons (Fsp3) is 0.500. The van der Waals surface area contributed by atoms with E-state index >= 15 is 0 Å². The van der Waals surface area contributed by atoms with Gasteiger partial charge in [-0.3, -0.25) is 0 Å². The van der Waals surface area contributed by atoms with E-state index in [2.05, 4.69) is 17.9 Å².